The third-order valence-corrected chi connectivity index (χ3v) is 1.78. The van der Waals surface area contributed by atoms with Crippen molar-refractivity contribution in [2.24, 2.45) is 0 Å². The maximum Gasteiger partial charge on any atom is 0.101 e. The zero-order valence-electron chi connectivity index (χ0n) is 7.25. The summed E-state index contributed by atoms with van der Waals surface area (Å²) >= 11 is 0. The van der Waals surface area contributed by atoms with Crippen molar-refractivity contribution in [2.75, 3.05) is 0 Å². The van der Waals surface area contributed by atoms with Crippen molar-refractivity contribution in [3.8, 4) is 17.3 Å². The number of nitrogens with zero attached hydrogens (tertiary/aromatic N) is 4. The first-order valence-electron chi connectivity index (χ1n) is 4.02. The minimum Gasteiger partial charge on any atom is -0.263 e. The highest BCUT2D eigenvalue weighted by Gasteiger charge is 2.04. The van der Waals surface area contributed by atoms with Crippen molar-refractivity contribution in [3.05, 3.63) is 42.6 Å². The van der Waals surface area contributed by atoms with E-state index in [1.807, 2.05) is 0 Å². The summed E-state index contributed by atoms with van der Waals surface area (Å²) in [5.41, 5.74) is 1.95. The van der Waals surface area contributed by atoms with Gasteiger partial charge in [0.05, 0.1) is 17.5 Å². The zero-order valence-corrected chi connectivity index (χ0v) is 7.25. The normalized spacial score (nSPS) is 9.36. The summed E-state index contributed by atoms with van der Waals surface area (Å²) in [7, 11) is 0. The highest BCUT2D eigenvalue weighted by Crippen LogP contribution is 2.18. The number of rotatable bonds is 1. The quantitative estimate of drug-likeness (QED) is 0.668. The van der Waals surface area contributed by atoms with E-state index in [-0.39, 0.29) is 0 Å². The van der Waals surface area contributed by atoms with E-state index < -0.39 is 0 Å². The molecule has 14 heavy (non-hydrogen) atoms. The fourth-order valence-electron chi connectivity index (χ4n) is 1.15. The Labute approximate surface area is 80.9 Å². The molecule has 0 aromatic carbocycles. The second-order valence-electron chi connectivity index (χ2n) is 2.62. The van der Waals surface area contributed by atoms with Gasteiger partial charge in [0.2, 0.25) is 0 Å². The molecule has 4 nitrogen and oxygen atoms in total. The molecule has 0 N–H and O–H groups in total. The van der Waals surface area contributed by atoms with Gasteiger partial charge in [-0.1, -0.05) is 0 Å². The van der Waals surface area contributed by atoms with Crippen LogP contribution in [0, 0.1) is 11.3 Å². The molecule has 2 aromatic heterocycles. The second kappa shape index (κ2) is 3.62. The Bertz CT molecular complexity index is 473. The van der Waals surface area contributed by atoms with Gasteiger partial charge in [-0.3, -0.25) is 15.0 Å². The minimum atomic E-state index is 0.507. The lowest BCUT2D eigenvalue weighted by molar-refractivity contribution is 1.19. The Kier molecular flexibility index (Phi) is 2.15. The zero-order chi connectivity index (χ0) is 9.80. The Balaban J connectivity index is 2.58. The van der Waals surface area contributed by atoms with Crippen LogP contribution in [0.5, 0.6) is 0 Å². The number of hydrogen-bond donors (Lipinski definition) is 0. The van der Waals surface area contributed by atoms with E-state index in [1.165, 1.54) is 6.20 Å². The van der Waals surface area contributed by atoms with Crippen molar-refractivity contribution in [2.45, 2.75) is 0 Å². The van der Waals surface area contributed by atoms with Crippen LogP contribution in [0.1, 0.15) is 5.56 Å². The standard InChI is InChI=1S/C10H6N4/c11-5-8-6-12-2-1-9(8)10-7-13-3-4-14-10/h1-4,6-7H. The topological polar surface area (TPSA) is 62.5 Å². The van der Waals surface area contributed by atoms with Crippen LogP contribution in [0.2, 0.25) is 0 Å². The van der Waals surface area contributed by atoms with Gasteiger partial charge in [-0.25, -0.2) is 0 Å². The van der Waals surface area contributed by atoms with Gasteiger partial charge >= 0.3 is 0 Å². The fraction of sp³-hybridized carbons (Fsp3) is 0. The predicted octanol–water partition coefficient (Wildman–Crippen LogP) is 1.41. The van der Waals surface area contributed by atoms with Gasteiger partial charge in [-0.2, -0.15) is 5.26 Å². The Morgan fingerprint density at radius 2 is 1.93 bits per heavy atom. The van der Waals surface area contributed by atoms with Gasteiger partial charge in [-0.05, 0) is 6.07 Å². The Morgan fingerprint density at radius 1 is 1.07 bits per heavy atom. The molecule has 0 saturated carbocycles. The lowest BCUT2D eigenvalue weighted by Crippen LogP contribution is -1.89. The summed E-state index contributed by atoms with van der Waals surface area (Å²) in [5, 5.41) is 8.84. The monoisotopic (exact) mass is 182 g/mol. The first-order chi connectivity index (χ1) is 6.92. The van der Waals surface area contributed by atoms with Gasteiger partial charge in [-0.15, -0.1) is 0 Å². The SMILES string of the molecule is N#Cc1cnccc1-c1cnccn1. The van der Waals surface area contributed by atoms with Crippen molar-refractivity contribution in [1.29, 1.82) is 5.26 Å². The van der Waals surface area contributed by atoms with Crippen molar-refractivity contribution in [1.82, 2.24) is 15.0 Å². The summed E-state index contributed by atoms with van der Waals surface area (Å²) in [6.07, 6.45) is 7.96. The van der Waals surface area contributed by atoms with Gasteiger partial charge in [0.1, 0.15) is 6.07 Å². The summed E-state index contributed by atoms with van der Waals surface area (Å²) in [5.74, 6) is 0. The van der Waals surface area contributed by atoms with Crippen LogP contribution in [0.4, 0.5) is 0 Å². The number of pyridine rings is 1. The van der Waals surface area contributed by atoms with E-state index in [4.69, 9.17) is 5.26 Å². The van der Waals surface area contributed by atoms with Crippen LogP contribution in [0.25, 0.3) is 11.3 Å². The summed E-state index contributed by atoms with van der Waals surface area (Å²) < 4.78 is 0. The number of hydrogen-bond acceptors (Lipinski definition) is 4. The minimum absolute atomic E-state index is 0.507. The molecule has 0 unspecified atom stereocenters. The molecule has 2 heterocycles. The Hall–Kier alpha value is -2.28. The maximum atomic E-state index is 8.84. The average Bonchev–Trinajstić information content (AvgIpc) is 2.30. The largest absolute Gasteiger partial charge is 0.263 e. The smallest absolute Gasteiger partial charge is 0.101 e. The fourth-order valence-corrected chi connectivity index (χ4v) is 1.15. The lowest BCUT2D eigenvalue weighted by Gasteiger charge is -2.00. The molecule has 0 aliphatic carbocycles. The second-order valence-corrected chi connectivity index (χ2v) is 2.62. The van der Waals surface area contributed by atoms with Gasteiger partial charge < -0.3 is 0 Å². The molecular formula is C10H6N4. The number of aromatic nitrogens is 3. The molecule has 2 aromatic rings. The maximum absolute atomic E-state index is 8.84. The molecule has 0 bridgehead atoms. The van der Waals surface area contributed by atoms with Crippen molar-refractivity contribution >= 4 is 0 Å². The molecule has 2 rings (SSSR count). The Morgan fingerprint density at radius 3 is 2.64 bits per heavy atom. The molecule has 4 heteroatoms. The van der Waals surface area contributed by atoms with Gasteiger partial charge in [0.25, 0.3) is 0 Å². The predicted molar refractivity (Wildman–Crippen MR) is 50.0 cm³/mol. The van der Waals surface area contributed by atoms with E-state index in [0.29, 0.717) is 11.3 Å². The molecule has 0 aliphatic rings. The molecule has 0 atom stereocenters. The van der Waals surface area contributed by atoms with Crippen LogP contribution < -0.4 is 0 Å². The van der Waals surface area contributed by atoms with Crippen LogP contribution in [-0.2, 0) is 0 Å². The molecular weight excluding hydrogens is 176 g/mol. The highest BCUT2D eigenvalue weighted by molar-refractivity contribution is 5.65. The first kappa shape index (κ1) is 8.32. The number of nitriles is 1. The highest BCUT2D eigenvalue weighted by atomic mass is 14.8. The average molecular weight is 182 g/mol. The molecule has 0 amide bonds. The van der Waals surface area contributed by atoms with Crippen LogP contribution in [0.3, 0.4) is 0 Å². The van der Waals surface area contributed by atoms with E-state index in [1.54, 1.807) is 30.9 Å². The molecule has 0 saturated heterocycles. The first-order valence-corrected chi connectivity index (χ1v) is 4.02. The van der Waals surface area contributed by atoms with E-state index >= 15 is 0 Å². The van der Waals surface area contributed by atoms with E-state index in [0.717, 1.165) is 5.56 Å². The molecule has 0 spiro atoms. The van der Waals surface area contributed by atoms with E-state index in [2.05, 4.69) is 21.0 Å². The van der Waals surface area contributed by atoms with Gasteiger partial charge in [0, 0.05) is 30.4 Å². The van der Waals surface area contributed by atoms with Gasteiger partial charge in [0.15, 0.2) is 0 Å². The molecule has 0 radical (unpaired) electrons. The van der Waals surface area contributed by atoms with Crippen molar-refractivity contribution < 1.29 is 0 Å². The summed E-state index contributed by atoms with van der Waals surface area (Å²) in [6.45, 7) is 0. The summed E-state index contributed by atoms with van der Waals surface area (Å²) in [4.78, 5) is 11.9. The third-order valence-electron chi connectivity index (χ3n) is 1.78. The van der Waals surface area contributed by atoms with Crippen molar-refractivity contribution in [3.63, 3.8) is 0 Å². The van der Waals surface area contributed by atoms with Crippen LogP contribution in [0.15, 0.2) is 37.1 Å². The third kappa shape index (κ3) is 1.43. The van der Waals surface area contributed by atoms with E-state index in [9.17, 15) is 0 Å². The lowest BCUT2D eigenvalue weighted by atomic mass is 10.1. The van der Waals surface area contributed by atoms with Crippen LogP contribution in [-0.4, -0.2) is 15.0 Å². The molecule has 0 fully saturated rings. The summed E-state index contributed by atoms with van der Waals surface area (Å²) in [6, 6.07) is 3.82. The molecule has 66 valence electrons. The van der Waals surface area contributed by atoms with Crippen LogP contribution >= 0.6 is 0 Å². The molecule has 0 aliphatic heterocycles.